The molecule has 0 spiro atoms. The maximum Gasteiger partial charge on any atom is 2.00 e. The number of rotatable bonds is 1. The van der Waals surface area contributed by atoms with E-state index in [0.717, 1.165) is 27.7 Å². The summed E-state index contributed by atoms with van der Waals surface area (Å²) in [6.07, 6.45) is 0. The van der Waals surface area contributed by atoms with Crippen molar-refractivity contribution in [2.24, 2.45) is 11.5 Å². The van der Waals surface area contributed by atoms with Crippen LogP contribution in [-0.2, 0) is 38.7 Å². The molecule has 0 aliphatic heterocycles. The average molecular weight is 408 g/mol. The summed E-state index contributed by atoms with van der Waals surface area (Å²) >= 11 is 0. The van der Waals surface area contributed by atoms with Crippen LogP contribution >= 0.6 is 0 Å². The van der Waals surface area contributed by atoms with E-state index in [9.17, 15) is 0 Å². The summed E-state index contributed by atoms with van der Waals surface area (Å²) in [6.45, 7) is 5.08. The van der Waals surface area contributed by atoms with Crippen molar-refractivity contribution in [3.05, 3.63) is 0 Å². The van der Waals surface area contributed by atoms with Crippen LogP contribution in [0.2, 0.25) is 0 Å². The van der Waals surface area contributed by atoms with Gasteiger partial charge >= 0.3 is 78.6 Å². The fraction of sp³-hybridized carbons (Fsp3) is 0.600. The van der Waals surface area contributed by atoms with Gasteiger partial charge in [0.15, 0.2) is 0 Å². The Hall–Kier alpha value is 0.423. The van der Waals surface area contributed by atoms with Crippen LogP contribution < -0.4 is 91.0 Å². The molecule has 0 atom stereocenters. The zero-order chi connectivity index (χ0) is 17.7. The van der Waals surface area contributed by atoms with Crippen molar-refractivity contribution in [2.45, 2.75) is 27.7 Å². The first-order chi connectivity index (χ1) is 8.84. The molecule has 0 amide bonds. The van der Waals surface area contributed by atoms with Gasteiger partial charge < -0.3 is 51.1 Å². The van der Waals surface area contributed by atoms with E-state index >= 15 is 0 Å². The first-order valence-corrected chi connectivity index (χ1v) is 4.95. The summed E-state index contributed by atoms with van der Waals surface area (Å²) < 4.78 is 0. The number of carboxylic acid groups (broad SMARTS) is 4. The molecule has 0 unspecified atom stereocenters. The molecule has 0 aromatic rings. The van der Waals surface area contributed by atoms with Crippen molar-refractivity contribution in [3.63, 3.8) is 0 Å². The third kappa shape index (κ3) is 4620. The Morgan fingerprint density at radius 3 is 0.652 bits per heavy atom. The standard InChI is InChI=1S/C2H8N2.4C2H4O2.2Na.Zn/c3-1-2-4;4*1-2(3)4;;;/h1-4H2;4*1H3,(H,3,4);;;/q;;;;;2*+1;+2/p-4. The van der Waals surface area contributed by atoms with Gasteiger partial charge in [0.2, 0.25) is 0 Å². The molecule has 0 aliphatic rings. The fourth-order valence-corrected chi connectivity index (χ4v) is 0. The van der Waals surface area contributed by atoms with Crippen LogP contribution in [0, 0.1) is 0 Å². The van der Waals surface area contributed by atoms with Crippen LogP contribution in [-0.4, -0.2) is 37.0 Å². The monoisotopic (exact) mass is 406 g/mol. The van der Waals surface area contributed by atoms with Gasteiger partial charge in [-0.05, 0) is 27.7 Å². The molecule has 0 saturated heterocycles. The van der Waals surface area contributed by atoms with Gasteiger partial charge in [-0.2, -0.15) is 0 Å². The zero-order valence-electron chi connectivity index (χ0n) is 14.5. The third-order valence-electron chi connectivity index (χ3n) is 0.167. The van der Waals surface area contributed by atoms with Crippen LogP contribution in [0.1, 0.15) is 27.7 Å². The molecule has 122 valence electrons. The molecule has 10 nitrogen and oxygen atoms in total. The van der Waals surface area contributed by atoms with Crippen molar-refractivity contribution in [2.75, 3.05) is 13.1 Å². The first kappa shape index (κ1) is 49.5. The van der Waals surface area contributed by atoms with Crippen molar-refractivity contribution in [3.8, 4) is 0 Å². The second-order valence-electron chi connectivity index (χ2n) is 2.54. The van der Waals surface area contributed by atoms with Crippen LogP contribution in [0.3, 0.4) is 0 Å². The topological polar surface area (TPSA) is 213 Å². The zero-order valence-corrected chi connectivity index (χ0v) is 21.5. The van der Waals surface area contributed by atoms with Gasteiger partial charge in [0.25, 0.3) is 0 Å². The maximum atomic E-state index is 8.89. The number of hydrogen-bond acceptors (Lipinski definition) is 10. The van der Waals surface area contributed by atoms with E-state index in [1.807, 2.05) is 0 Å². The Labute approximate surface area is 192 Å². The molecule has 23 heavy (non-hydrogen) atoms. The van der Waals surface area contributed by atoms with Crippen LogP contribution in [0.15, 0.2) is 0 Å². The third-order valence-corrected chi connectivity index (χ3v) is 0.167. The van der Waals surface area contributed by atoms with E-state index in [1.165, 1.54) is 0 Å². The predicted molar refractivity (Wildman–Crippen MR) is 60.8 cm³/mol. The summed E-state index contributed by atoms with van der Waals surface area (Å²) in [5, 5.41) is 35.6. The Morgan fingerprint density at radius 2 is 0.652 bits per heavy atom. The van der Waals surface area contributed by atoms with Gasteiger partial charge in [0.05, 0.1) is 0 Å². The fourth-order valence-electron chi connectivity index (χ4n) is 0. The minimum atomic E-state index is -1.08. The Kier molecular flexibility index (Phi) is 106. The molecule has 13 heteroatoms. The van der Waals surface area contributed by atoms with Crippen LogP contribution in [0.25, 0.3) is 0 Å². The second-order valence-corrected chi connectivity index (χ2v) is 2.54. The summed E-state index contributed by atoms with van der Waals surface area (Å²) in [7, 11) is 0. The molecule has 0 saturated carbocycles. The molecule has 0 fully saturated rings. The number of carboxylic acids is 4. The Morgan fingerprint density at radius 1 is 0.609 bits per heavy atom. The van der Waals surface area contributed by atoms with Crippen molar-refractivity contribution in [1.29, 1.82) is 0 Å². The summed E-state index contributed by atoms with van der Waals surface area (Å²) in [5.74, 6) is -4.33. The Balaban J connectivity index is -0.0000000197. The molecular weight excluding hydrogens is 387 g/mol. The quantitative estimate of drug-likeness (QED) is 0.391. The van der Waals surface area contributed by atoms with E-state index in [2.05, 4.69) is 0 Å². The molecule has 4 N–H and O–H groups in total. The molecule has 0 heterocycles. The SMILES string of the molecule is CC(=O)[O-].CC(=O)[O-].CC(=O)[O-].CC(=O)[O-].NCCN.[Na+].[Na+].[Zn+2]. The van der Waals surface area contributed by atoms with E-state index in [-0.39, 0.29) is 78.6 Å². The smallest absolute Gasteiger partial charge is 0.550 e. The number of carbonyl (C=O) groups excluding carboxylic acids is 4. The number of nitrogens with two attached hydrogens (primary N) is 2. The maximum absolute atomic E-state index is 8.89. The van der Waals surface area contributed by atoms with E-state index in [4.69, 9.17) is 51.1 Å². The molecule has 0 aromatic heterocycles. The number of carbonyl (C=O) groups is 4. The van der Waals surface area contributed by atoms with Crippen molar-refractivity contribution in [1.82, 2.24) is 0 Å². The molecule has 0 bridgehead atoms. The van der Waals surface area contributed by atoms with E-state index < -0.39 is 23.9 Å². The second kappa shape index (κ2) is 49.5. The van der Waals surface area contributed by atoms with Gasteiger partial charge in [-0.15, -0.1) is 0 Å². The number of aliphatic carboxylic acids is 4. The number of hydrogen-bond donors (Lipinski definition) is 2. The molecule has 0 aromatic carbocycles. The van der Waals surface area contributed by atoms with E-state index in [0.29, 0.717) is 13.1 Å². The van der Waals surface area contributed by atoms with Gasteiger partial charge in [0, 0.05) is 37.0 Å². The largest absolute Gasteiger partial charge is 2.00 e. The minimum absolute atomic E-state index is 0. The minimum Gasteiger partial charge on any atom is -0.550 e. The summed E-state index contributed by atoms with van der Waals surface area (Å²) in [5.41, 5.74) is 9.81. The molecule has 0 radical (unpaired) electrons. The normalized spacial score (nSPS) is 5.65. The summed E-state index contributed by atoms with van der Waals surface area (Å²) in [4.78, 5) is 35.6. The molecule has 0 rings (SSSR count). The van der Waals surface area contributed by atoms with Gasteiger partial charge in [0.1, 0.15) is 0 Å². The molecular formula is C10H20N2Na2O8Zn. The first-order valence-electron chi connectivity index (χ1n) is 4.95. The van der Waals surface area contributed by atoms with Gasteiger partial charge in [-0.3, -0.25) is 0 Å². The van der Waals surface area contributed by atoms with Crippen LogP contribution in [0.5, 0.6) is 0 Å². The predicted octanol–water partition coefficient (Wildman–Crippen LogP) is -12.1. The van der Waals surface area contributed by atoms with Crippen molar-refractivity contribution >= 4 is 23.9 Å². The summed E-state index contributed by atoms with van der Waals surface area (Å²) in [6, 6.07) is 0. The van der Waals surface area contributed by atoms with Gasteiger partial charge in [-0.25, -0.2) is 0 Å². The van der Waals surface area contributed by atoms with Gasteiger partial charge in [-0.1, -0.05) is 0 Å². The molecule has 0 aliphatic carbocycles. The average Bonchev–Trinajstić information content (AvgIpc) is 2.13. The Bertz CT molecular complexity index is 205. The van der Waals surface area contributed by atoms with E-state index in [1.54, 1.807) is 0 Å². The van der Waals surface area contributed by atoms with Crippen molar-refractivity contribution < 1.29 is 118 Å². The van der Waals surface area contributed by atoms with Crippen LogP contribution in [0.4, 0.5) is 0 Å².